The van der Waals surface area contributed by atoms with E-state index < -0.39 is 6.03 Å². The molecule has 37 heavy (non-hydrogen) atoms. The molecule has 1 heterocycles. The zero-order chi connectivity index (χ0) is 27.2. The summed E-state index contributed by atoms with van der Waals surface area (Å²) in [4.78, 5) is 27.7. The van der Waals surface area contributed by atoms with Crippen molar-refractivity contribution in [2.45, 2.75) is 46.5 Å². The molecule has 3 aromatic rings. The largest absolute Gasteiger partial charge is 0.385 e. The minimum absolute atomic E-state index is 0.140. The topological polar surface area (TPSA) is 88.5 Å². The van der Waals surface area contributed by atoms with Gasteiger partial charge >= 0.3 is 6.03 Å². The van der Waals surface area contributed by atoms with Crippen molar-refractivity contribution >= 4 is 35.0 Å². The van der Waals surface area contributed by atoms with Crippen LogP contribution in [0.3, 0.4) is 0 Å². The van der Waals surface area contributed by atoms with E-state index in [9.17, 15) is 9.59 Å². The first-order valence-electron chi connectivity index (χ1n) is 12.3. The number of hydrogen-bond acceptors (Lipinski definition) is 4. The second kappa shape index (κ2) is 12.3. The van der Waals surface area contributed by atoms with Crippen LogP contribution in [0.2, 0.25) is 5.02 Å². The Bertz CT molecular complexity index is 1250. The number of carbonyl (C=O) groups excluding carboxylic acids is 2. The van der Waals surface area contributed by atoms with Crippen LogP contribution in [0.1, 0.15) is 44.0 Å². The summed E-state index contributed by atoms with van der Waals surface area (Å²) in [6.07, 6.45) is 0.585. The first-order valence-corrected chi connectivity index (χ1v) is 12.6. The maximum atomic E-state index is 13.2. The van der Waals surface area contributed by atoms with Crippen LogP contribution in [-0.4, -0.2) is 53.4 Å². The monoisotopic (exact) mass is 525 g/mol. The highest BCUT2D eigenvalue weighted by atomic mass is 35.5. The third kappa shape index (κ3) is 7.81. The average molecular weight is 526 g/mol. The van der Waals surface area contributed by atoms with Gasteiger partial charge in [-0.05, 0) is 55.7 Å². The molecule has 3 rings (SSSR count). The first-order chi connectivity index (χ1) is 17.5. The third-order valence-electron chi connectivity index (χ3n) is 5.81. The molecule has 1 aromatic heterocycles. The number of benzene rings is 2. The Labute approximate surface area is 223 Å². The molecule has 3 amide bonds. The number of nitrogens with one attached hydrogen (secondary N) is 2. The second-order valence-corrected chi connectivity index (χ2v) is 10.5. The molecule has 0 aliphatic rings. The van der Waals surface area contributed by atoms with Gasteiger partial charge in [0.1, 0.15) is 12.4 Å². The van der Waals surface area contributed by atoms with Gasteiger partial charge in [-0.2, -0.15) is 5.10 Å². The SMILES string of the molecule is COCCCN(CC(=O)Nc1cc(C(C)(C)C)nn1-c1cccc(C)c1)C(=O)Nc1ccc(C)c(Cl)c1. The number of urea groups is 1. The Kier molecular flexibility index (Phi) is 9.34. The molecule has 0 saturated carbocycles. The number of hydrogen-bond donors (Lipinski definition) is 2. The van der Waals surface area contributed by atoms with E-state index in [-0.39, 0.29) is 17.9 Å². The summed E-state index contributed by atoms with van der Waals surface area (Å²) in [7, 11) is 1.60. The molecule has 2 N–H and O–H groups in total. The van der Waals surface area contributed by atoms with E-state index in [2.05, 4.69) is 31.4 Å². The number of nitrogens with zero attached hydrogens (tertiary/aromatic N) is 3. The van der Waals surface area contributed by atoms with Crippen LogP contribution < -0.4 is 10.6 Å². The number of aryl methyl sites for hydroxylation is 2. The average Bonchev–Trinajstić information content (AvgIpc) is 3.25. The van der Waals surface area contributed by atoms with E-state index >= 15 is 0 Å². The standard InChI is InChI=1S/C28H36ClN5O3/c1-19-9-7-10-22(15-19)34-25(17-24(32-34)28(3,4)5)31-26(35)18-33(13-8-14-37-6)27(36)30-21-12-11-20(2)23(29)16-21/h7,9-12,15-17H,8,13-14,18H2,1-6H3,(H,30,36)(H,31,35). The highest BCUT2D eigenvalue weighted by molar-refractivity contribution is 6.31. The Hall–Kier alpha value is -3.36. The van der Waals surface area contributed by atoms with Gasteiger partial charge in [-0.25, -0.2) is 9.48 Å². The lowest BCUT2D eigenvalue weighted by molar-refractivity contribution is -0.116. The van der Waals surface area contributed by atoms with Crippen LogP contribution in [0.5, 0.6) is 0 Å². The number of ether oxygens (including phenoxy) is 1. The number of amides is 3. The van der Waals surface area contributed by atoms with Crippen molar-refractivity contribution in [1.29, 1.82) is 0 Å². The van der Waals surface area contributed by atoms with Crippen molar-refractivity contribution in [2.75, 3.05) is 37.4 Å². The van der Waals surface area contributed by atoms with Gasteiger partial charge in [-0.3, -0.25) is 4.79 Å². The van der Waals surface area contributed by atoms with Crippen LogP contribution in [0.15, 0.2) is 48.5 Å². The van der Waals surface area contributed by atoms with Crippen LogP contribution >= 0.6 is 11.6 Å². The van der Waals surface area contributed by atoms with Crippen molar-refractivity contribution in [3.05, 3.63) is 70.4 Å². The van der Waals surface area contributed by atoms with Gasteiger partial charge in [-0.1, -0.05) is 50.6 Å². The number of carbonyl (C=O) groups is 2. The maximum Gasteiger partial charge on any atom is 0.322 e. The van der Waals surface area contributed by atoms with Crippen LogP contribution in [0.25, 0.3) is 5.69 Å². The van der Waals surface area contributed by atoms with Crippen LogP contribution in [0.4, 0.5) is 16.3 Å². The number of anilines is 2. The van der Waals surface area contributed by atoms with E-state index in [1.807, 2.05) is 50.2 Å². The summed E-state index contributed by atoms with van der Waals surface area (Å²) in [6.45, 7) is 10.8. The highest BCUT2D eigenvalue weighted by Crippen LogP contribution is 2.27. The summed E-state index contributed by atoms with van der Waals surface area (Å²) >= 11 is 6.21. The van der Waals surface area contributed by atoms with Gasteiger partial charge in [0, 0.05) is 42.5 Å². The van der Waals surface area contributed by atoms with E-state index in [0.29, 0.717) is 36.1 Å². The number of aromatic nitrogens is 2. The minimum Gasteiger partial charge on any atom is -0.385 e. The summed E-state index contributed by atoms with van der Waals surface area (Å²) in [5.41, 5.74) is 4.03. The predicted octanol–water partition coefficient (Wildman–Crippen LogP) is 5.95. The maximum absolute atomic E-state index is 13.2. The molecule has 8 nitrogen and oxygen atoms in total. The molecular formula is C28H36ClN5O3. The number of rotatable bonds is 9. The fourth-order valence-electron chi connectivity index (χ4n) is 3.67. The van der Waals surface area contributed by atoms with E-state index in [1.54, 1.807) is 23.9 Å². The van der Waals surface area contributed by atoms with Crippen molar-refractivity contribution in [3.63, 3.8) is 0 Å². The van der Waals surface area contributed by atoms with Crippen LogP contribution in [0, 0.1) is 13.8 Å². The predicted molar refractivity (Wildman–Crippen MR) is 149 cm³/mol. The Balaban J connectivity index is 1.81. The van der Waals surface area contributed by atoms with Gasteiger partial charge in [0.05, 0.1) is 11.4 Å². The van der Waals surface area contributed by atoms with Gasteiger partial charge in [0.15, 0.2) is 0 Å². The molecule has 0 aliphatic carbocycles. The summed E-state index contributed by atoms with van der Waals surface area (Å²) in [6, 6.07) is 14.7. The molecule has 0 radical (unpaired) electrons. The summed E-state index contributed by atoms with van der Waals surface area (Å²) < 4.78 is 6.87. The lowest BCUT2D eigenvalue weighted by atomic mass is 9.92. The minimum atomic E-state index is -0.395. The normalized spacial score (nSPS) is 11.3. The second-order valence-electron chi connectivity index (χ2n) is 10.1. The molecule has 0 bridgehead atoms. The van der Waals surface area contributed by atoms with E-state index in [0.717, 1.165) is 22.5 Å². The Morgan fingerprint density at radius 2 is 1.84 bits per heavy atom. The van der Waals surface area contributed by atoms with Gasteiger partial charge < -0.3 is 20.3 Å². The lowest BCUT2D eigenvalue weighted by Crippen LogP contribution is -2.41. The number of methoxy groups -OCH3 is 1. The number of halogens is 1. The van der Waals surface area contributed by atoms with Gasteiger partial charge in [-0.15, -0.1) is 0 Å². The van der Waals surface area contributed by atoms with Crippen molar-refractivity contribution in [3.8, 4) is 5.69 Å². The first kappa shape index (κ1) is 28.2. The fraction of sp³-hybridized carbons (Fsp3) is 0.393. The fourth-order valence-corrected chi connectivity index (χ4v) is 3.85. The highest BCUT2D eigenvalue weighted by Gasteiger charge is 2.23. The summed E-state index contributed by atoms with van der Waals surface area (Å²) in [5.74, 6) is 0.215. The van der Waals surface area contributed by atoms with Gasteiger partial charge in [0.25, 0.3) is 0 Å². The Morgan fingerprint density at radius 1 is 1.08 bits per heavy atom. The summed E-state index contributed by atoms with van der Waals surface area (Å²) in [5, 5.41) is 11.1. The van der Waals surface area contributed by atoms with Crippen molar-refractivity contribution < 1.29 is 14.3 Å². The molecule has 0 fully saturated rings. The molecule has 9 heteroatoms. The lowest BCUT2D eigenvalue weighted by Gasteiger charge is -2.23. The smallest absolute Gasteiger partial charge is 0.322 e. The molecule has 0 atom stereocenters. The zero-order valence-corrected chi connectivity index (χ0v) is 23.1. The quantitative estimate of drug-likeness (QED) is 0.338. The molecular weight excluding hydrogens is 490 g/mol. The molecule has 0 unspecified atom stereocenters. The van der Waals surface area contributed by atoms with Gasteiger partial charge in [0.2, 0.25) is 5.91 Å². The Morgan fingerprint density at radius 3 is 2.49 bits per heavy atom. The molecule has 2 aromatic carbocycles. The molecule has 0 spiro atoms. The van der Waals surface area contributed by atoms with E-state index in [1.165, 1.54) is 4.90 Å². The van der Waals surface area contributed by atoms with Crippen molar-refractivity contribution in [1.82, 2.24) is 14.7 Å². The zero-order valence-electron chi connectivity index (χ0n) is 22.4. The van der Waals surface area contributed by atoms with Crippen LogP contribution in [-0.2, 0) is 14.9 Å². The third-order valence-corrected chi connectivity index (χ3v) is 6.22. The molecule has 198 valence electrons. The van der Waals surface area contributed by atoms with E-state index in [4.69, 9.17) is 21.4 Å². The van der Waals surface area contributed by atoms with Crippen molar-refractivity contribution in [2.24, 2.45) is 0 Å². The molecule has 0 aliphatic heterocycles. The molecule has 0 saturated heterocycles.